The minimum Gasteiger partial charge on any atom is -0.478 e. The summed E-state index contributed by atoms with van der Waals surface area (Å²) in [4.78, 5) is 27.1. The molecule has 2 rings (SSSR count). The Bertz CT molecular complexity index is 574. The monoisotopic (exact) mass is 246 g/mol. The summed E-state index contributed by atoms with van der Waals surface area (Å²) in [6, 6.07) is 4.95. The number of rotatable bonds is 2. The van der Waals surface area contributed by atoms with Crippen molar-refractivity contribution in [3.05, 3.63) is 34.9 Å². The summed E-state index contributed by atoms with van der Waals surface area (Å²) in [6.45, 7) is 5.23. The lowest BCUT2D eigenvalue weighted by Crippen LogP contribution is -2.35. The van der Waals surface area contributed by atoms with Crippen molar-refractivity contribution in [3.63, 3.8) is 0 Å². The van der Waals surface area contributed by atoms with Crippen LogP contribution in [0.15, 0.2) is 23.2 Å². The molecule has 1 aliphatic heterocycles. The van der Waals surface area contributed by atoms with Crippen LogP contribution < -0.4 is 5.32 Å². The van der Waals surface area contributed by atoms with Crippen molar-refractivity contribution in [3.8, 4) is 0 Å². The Kier molecular flexibility index (Phi) is 2.69. The van der Waals surface area contributed by atoms with Gasteiger partial charge in [0.1, 0.15) is 11.4 Å². The van der Waals surface area contributed by atoms with Gasteiger partial charge in [-0.15, -0.1) is 0 Å². The summed E-state index contributed by atoms with van der Waals surface area (Å²) in [5, 5.41) is 11.8. The number of aliphatic imine (C=N–C) groups is 1. The quantitative estimate of drug-likeness (QED) is 0.826. The van der Waals surface area contributed by atoms with Crippen molar-refractivity contribution in [2.75, 3.05) is 0 Å². The summed E-state index contributed by atoms with van der Waals surface area (Å²) in [5.41, 5.74) is 0.643. The number of carboxylic acid groups (broad SMARTS) is 1. The van der Waals surface area contributed by atoms with Crippen LogP contribution in [0.4, 0.5) is 0 Å². The third kappa shape index (κ3) is 1.99. The smallest absolute Gasteiger partial charge is 0.336 e. The Balaban J connectivity index is 2.56. The number of hydrogen-bond acceptors (Lipinski definition) is 3. The van der Waals surface area contributed by atoms with Crippen LogP contribution in [-0.4, -0.2) is 28.4 Å². The minimum atomic E-state index is -1.04. The molecule has 0 aromatic heterocycles. The Morgan fingerprint density at radius 2 is 2.06 bits per heavy atom. The van der Waals surface area contributed by atoms with Gasteiger partial charge in [-0.25, -0.2) is 4.79 Å². The van der Waals surface area contributed by atoms with Crippen LogP contribution in [0, 0.1) is 6.92 Å². The van der Waals surface area contributed by atoms with E-state index in [1.54, 1.807) is 26.0 Å². The highest BCUT2D eigenvalue weighted by Crippen LogP contribution is 2.20. The second kappa shape index (κ2) is 3.94. The second-order valence-corrected chi connectivity index (χ2v) is 4.83. The first-order valence-corrected chi connectivity index (χ1v) is 5.57. The van der Waals surface area contributed by atoms with Crippen LogP contribution in [0.5, 0.6) is 0 Å². The van der Waals surface area contributed by atoms with E-state index in [1.165, 1.54) is 6.07 Å². The molecule has 0 atom stereocenters. The molecular formula is C13H14N2O3. The van der Waals surface area contributed by atoms with Crippen LogP contribution >= 0.6 is 0 Å². The van der Waals surface area contributed by atoms with Crippen molar-refractivity contribution < 1.29 is 14.7 Å². The molecule has 0 fully saturated rings. The maximum absolute atomic E-state index is 11.7. The highest BCUT2D eigenvalue weighted by atomic mass is 16.4. The van der Waals surface area contributed by atoms with Crippen LogP contribution in [0.25, 0.3) is 0 Å². The van der Waals surface area contributed by atoms with Gasteiger partial charge in [-0.2, -0.15) is 0 Å². The van der Waals surface area contributed by atoms with Crippen molar-refractivity contribution in [1.29, 1.82) is 0 Å². The molecule has 2 N–H and O–H groups in total. The first kappa shape index (κ1) is 12.3. The van der Waals surface area contributed by atoms with Gasteiger partial charge in [0.2, 0.25) is 0 Å². The van der Waals surface area contributed by atoms with Crippen molar-refractivity contribution >= 4 is 17.7 Å². The van der Waals surface area contributed by atoms with Gasteiger partial charge in [0.25, 0.3) is 5.91 Å². The summed E-state index contributed by atoms with van der Waals surface area (Å²) in [5.74, 6) is -0.937. The largest absolute Gasteiger partial charge is 0.478 e. The summed E-state index contributed by atoms with van der Waals surface area (Å²) in [6.07, 6.45) is 0. The SMILES string of the molecule is Cc1ccc(C(=O)O)c(C2=NC(C)(C)C(=O)N2)c1. The van der Waals surface area contributed by atoms with Gasteiger partial charge in [-0.05, 0) is 32.9 Å². The summed E-state index contributed by atoms with van der Waals surface area (Å²) in [7, 11) is 0. The van der Waals surface area contributed by atoms with Crippen LogP contribution in [-0.2, 0) is 4.79 Å². The highest BCUT2D eigenvalue weighted by Gasteiger charge is 2.35. The number of carbonyl (C=O) groups is 2. The molecule has 0 unspecified atom stereocenters. The van der Waals surface area contributed by atoms with Gasteiger partial charge in [-0.3, -0.25) is 9.79 Å². The molecule has 0 saturated heterocycles. The number of aryl methyl sites for hydroxylation is 1. The van der Waals surface area contributed by atoms with Crippen LogP contribution in [0.3, 0.4) is 0 Å². The van der Waals surface area contributed by atoms with E-state index < -0.39 is 11.5 Å². The molecule has 1 aliphatic rings. The molecule has 5 nitrogen and oxygen atoms in total. The van der Waals surface area contributed by atoms with Crippen LogP contribution in [0.1, 0.15) is 35.3 Å². The lowest BCUT2D eigenvalue weighted by molar-refractivity contribution is -0.122. The van der Waals surface area contributed by atoms with Crippen molar-refractivity contribution in [1.82, 2.24) is 5.32 Å². The van der Waals surface area contributed by atoms with E-state index in [9.17, 15) is 9.59 Å². The Morgan fingerprint density at radius 3 is 2.56 bits per heavy atom. The molecule has 0 radical (unpaired) electrons. The molecule has 1 aromatic carbocycles. The van der Waals surface area contributed by atoms with E-state index in [1.807, 2.05) is 6.92 Å². The lowest BCUT2D eigenvalue weighted by Gasteiger charge is -2.07. The summed E-state index contributed by atoms with van der Waals surface area (Å²) < 4.78 is 0. The fourth-order valence-corrected chi connectivity index (χ4v) is 1.79. The Labute approximate surface area is 105 Å². The average molecular weight is 246 g/mol. The van der Waals surface area contributed by atoms with E-state index in [0.717, 1.165) is 5.56 Å². The van der Waals surface area contributed by atoms with E-state index in [4.69, 9.17) is 5.11 Å². The van der Waals surface area contributed by atoms with Gasteiger partial charge in [0, 0.05) is 5.56 Å². The first-order valence-electron chi connectivity index (χ1n) is 5.57. The number of benzene rings is 1. The number of amidine groups is 1. The predicted molar refractivity (Wildman–Crippen MR) is 66.9 cm³/mol. The minimum absolute atomic E-state index is 0.136. The van der Waals surface area contributed by atoms with E-state index in [-0.39, 0.29) is 11.5 Å². The van der Waals surface area contributed by atoms with Gasteiger partial charge < -0.3 is 10.4 Å². The number of aromatic carboxylic acids is 1. The third-order valence-electron chi connectivity index (χ3n) is 2.84. The number of carbonyl (C=O) groups excluding carboxylic acids is 1. The molecule has 0 bridgehead atoms. The number of nitrogens with zero attached hydrogens (tertiary/aromatic N) is 1. The molecule has 0 saturated carbocycles. The zero-order chi connectivity index (χ0) is 13.5. The van der Waals surface area contributed by atoms with Crippen molar-refractivity contribution in [2.45, 2.75) is 26.3 Å². The molecule has 18 heavy (non-hydrogen) atoms. The molecule has 0 spiro atoms. The fraction of sp³-hybridized carbons (Fsp3) is 0.308. The second-order valence-electron chi connectivity index (χ2n) is 4.83. The van der Waals surface area contributed by atoms with Crippen LogP contribution in [0.2, 0.25) is 0 Å². The maximum atomic E-state index is 11.7. The standard InChI is InChI=1S/C13H14N2O3/c1-7-4-5-8(11(16)17)9(6-7)10-14-12(18)13(2,3)15-10/h4-6H,1-3H3,(H,16,17)(H,14,15,18). The molecule has 94 valence electrons. The predicted octanol–water partition coefficient (Wildman–Crippen LogP) is 1.35. The molecule has 1 aromatic rings. The highest BCUT2D eigenvalue weighted by molar-refractivity contribution is 6.18. The topological polar surface area (TPSA) is 78.8 Å². The van der Waals surface area contributed by atoms with Gasteiger partial charge in [-0.1, -0.05) is 11.6 Å². The lowest BCUT2D eigenvalue weighted by atomic mass is 10.0. The summed E-state index contributed by atoms with van der Waals surface area (Å²) >= 11 is 0. The zero-order valence-electron chi connectivity index (χ0n) is 10.4. The Morgan fingerprint density at radius 1 is 1.39 bits per heavy atom. The number of carboxylic acids is 1. The van der Waals surface area contributed by atoms with Gasteiger partial charge in [0.05, 0.1) is 5.56 Å². The number of hydrogen-bond donors (Lipinski definition) is 2. The van der Waals surface area contributed by atoms with Gasteiger partial charge in [0.15, 0.2) is 0 Å². The average Bonchev–Trinajstić information content (AvgIpc) is 2.53. The number of amides is 1. The molecule has 5 heteroatoms. The van der Waals surface area contributed by atoms with E-state index in [0.29, 0.717) is 11.4 Å². The van der Waals surface area contributed by atoms with Gasteiger partial charge >= 0.3 is 5.97 Å². The van der Waals surface area contributed by atoms with Crippen molar-refractivity contribution in [2.24, 2.45) is 4.99 Å². The third-order valence-corrected chi connectivity index (χ3v) is 2.84. The molecule has 0 aliphatic carbocycles. The first-order chi connectivity index (χ1) is 8.31. The maximum Gasteiger partial charge on any atom is 0.336 e. The van der Waals surface area contributed by atoms with E-state index >= 15 is 0 Å². The normalized spacial score (nSPS) is 17.3. The Hall–Kier alpha value is -2.17. The molecular weight excluding hydrogens is 232 g/mol. The zero-order valence-corrected chi connectivity index (χ0v) is 10.4. The van der Waals surface area contributed by atoms with E-state index in [2.05, 4.69) is 10.3 Å². The fourth-order valence-electron chi connectivity index (χ4n) is 1.79. The molecule has 1 amide bonds. The molecule has 1 heterocycles. The number of nitrogens with one attached hydrogen (secondary N) is 1.